The summed E-state index contributed by atoms with van der Waals surface area (Å²) in [4.78, 5) is 13.7. The molecule has 0 unspecified atom stereocenters. The Balaban J connectivity index is 1.68. The van der Waals surface area contributed by atoms with Crippen LogP contribution in [0.5, 0.6) is 0 Å². The maximum atomic E-state index is 11.8. The first kappa shape index (κ1) is 14.5. The molecule has 5 nitrogen and oxygen atoms in total. The lowest BCUT2D eigenvalue weighted by Gasteiger charge is -2.18. The molecule has 0 radical (unpaired) electrons. The van der Waals surface area contributed by atoms with Gasteiger partial charge in [-0.2, -0.15) is 10.2 Å². The van der Waals surface area contributed by atoms with Crippen LogP contribution in [0.1, 0.15) is 29.8 Å². The minimum absolute atomic E-state index is 0.249. The van der Waals surface area contributed by atoms with Crippen LogP contribution in [0.4, 0.5) is 5.69 Å². The van der Waals surface area contributed by atoms with E-state index >= 15 is 0 Å². The Morgan fingerprint density at radius 3 is 2.77 bits per heavy atom. The van der Waals surface area contributed by atoms with Gasteiger partial charge in [-0.25, -0.2) is 0 Å². The van der Waals surface area contributed by atoms with E-state index in [4.69, 9.17) is 0 Å². The number of para-hydroxylation sites is 1. The van der Waals surface area contributed by atoms with E-state index in [9.17, 15) is 4.79 Å². The standard InChI is InChI=1S/C17H20N4O/c1-13-8-9-15(20-19-13)11-18-16-6-3-2-5-14(16)12-21-10-4-7-17(21)22/h2-3,5-6,8-9,18H,4,7,10-12H2,1H3. The summed E-state index contributed by atoms with van der Waals surface area (Å²) in [6.45, 7) is 4.07. The number of benzene rings is 1. The zero-order valence-electron chi connectivity index (χ0n) is 12.7. The fourth-order valence-electron chi connectivity index (χ4n) is 2.61. The average Bonchev–Trinajstić information content (AvgIpc) is 2.93. The smallest absolute Gasteiger partial charge is 0.222 e. The molecule has 0 bridgehead atoms. The van der Waals surface area contributed by atoms with Gasteiger partial charge < -0.3 is 10.2 Å². The third kappa shape index (κ3) is 3.42. The van der Waals surface area contributed by atoms with E-state index in [1.54, 1.807) is 0 Å². The Morgan fingerprint density at radius 2 is 2.05 bits per heavy atom. The SMILES string of the molecule is Cc1ccc(CNc2ccccc2CN2CCCC2=O)nn1. The lowest BCUT2D eigenvalue weighted by atomic mass is 10.1. The Kier molecular flexibility index (Phi) is 4.32. The molecule has 3 rings (SSSR count). The van der Waals surface area contributed by atoms with Crippen LogP contribution >= 0.6 is 0 Å². The van der Waals surface area contributed by atoms with Crippen LogP contribution in [0.25, 0.3) is 0 Å². The number of aryl methyl sites for hydroxylation is 1. The largest absolute Gasteiger partial charge is 0.379 e. The number of hydrogen-bond acceptors (Lipinski definition) is 4. The first-order valence-corrected chi connectivity index (χ1v) is 7.61. The van der Waals surface area contributed by atoms with Crippen molar-refractivity contribution in [1.82, 2.24) is 15.1 Å². The van der Waals surface area contributed by atoms with Gasteiger partial charge in [0.15, 0.2) is 0 Å². The van der Waals surface area contributed by atoms with Crippen molar-refractivity contribution >= 4 is 11.6 Å². The van der Waals surface area contributed by atoms with E-state index in [0.717, 1.165) is 35.6 Å². The molecule has 1 aliphatic rings. The number of aromatic nitrogens is 2. The number of nitrogens with zero attached hydrogens (tertiary/aromatic N) is 3. The summed E-state index contributed by atoms with van der Waals surface area (Å²) in [6, 6.07) is 12.0. The minimum Gasteiger partial charge on any atom is -0.379 e. The van der Waals surface area contributed by atoms with Crippen molar-refractivity contribution in [2.75, 3.05) is 11.9 Å². The van der Waals surface area contributed by atoms with Gasteiger partial charge in [0.05, 0.1) is 17.9 Å². The van der Waals surface area contributed by atoms with E-state index in [1.807, 2.05) is 42.2 Å². The van der Waals surface area contributed by atoms with Crippen molar-refractivity contribution in [3.63, 3.8) is 0 Å². The third-order valence-corrected chi connectivity index (χ3v) is 3.86. The van der Waals surface area contributed by atoms with Crippen molar-refractivity contribution in [3.8, 4) is 0 Å². The van der Waals surface area contributed by atoms with Gasteiger partial charge in [0.2, 0.25) is 5.91 Å². The normalized spacial score (nSPS) is 14.4. The predicted molar refractivity (Wildman–Crippen MR) is 85.2 cm³/mol. The number of carbonyl (C=O) groups is 1. The van der Waals surface area contributed by atoms with Gasteiger partial charge in [-0.15, -0.1) is 0 Å². The van der Waals surface area contributed by atoms with Crippen molar-refractivity contribution < 1.29 is 4.79 Å². The van der Waals surface area contributed by atoms with Crippen LogP contribution in [0.3, 0.4) is 0 Å². The molecule has 0 atom stereocenters. The Hall–Kier alpha value is -2.43. The molecule has 1 saturated heterocycles. The molecule has 2 aromatic rings. The number of hydrogen-bond donors (Lipinski definition) is 1. The third-order valence-electron chi connectivity index (χ3n) is 3.86. The summed E-state index contributed by atoms with van der Waals surface area (Å²) in [5.41, 5.74) is 4.00. The van der Waals surface area contributed by atoms with Crippen LogP contribution < -0.4 is 5.32 Å². The van der Waals surface area contributed by atoms with E-state index < -0.39 is 0 Å². The number of likely N-dealkylation sites (tertiary alicyclic amines) is 1. The Morgan fingerprint density at radius 1 is 1.18 bits per heavy atom. The molecule has 0 saturated carbocycles. The van der Waals surface area contributed by atoms with E-state index in [1.165, 1.54) is 0 Å². The summed E-state index contributed by atoms with van der Waals surface area (Å²) >= 11 is 0. The Labute approximate surface area is 130 Å². The Bertz CT molecular complexity index is 654. The van der Waals surface area contributed by atoms with E-state index in [2.05, 4.69) is 21.6 Å². The summed E-state index contributed by atoms with van der Waals surface area (Å²) in [6.07, 6.45) is 1.64. The molecule has 1 aromatic heterocycles. The summed E-state index contributed by atoms with van der Waals surface area (Å²) in [5.74, 6) is 0.249. The van der Waals surface area contributed by atoms with Crippen molar-refractivity contribution in [2.45, 2.75) is 32.9 Å². The van der Waals surface area contributed by atoms with Crippen molar-refractivity contribution in [1.29, 1.82) is 0 Å². The summed E-state index contributed by atoms with van der Waals surface area (Å²) in [7, 11) is 0. The molecule has 1 fully saturated rings. The molecule has 1 aliphatic heterocycles. The molecule has 22 heavy (non-hydrogen) atoms. The van der Waals surface area contributed by atoms with Crippen molar-refractivity contribution in [2.24, 2.45) is 0 Å². The van der Waals surface area contributed by atoms with Gasteiger partial charge in [-0.1, -0.05) is 18.2 Å². The summed E-state index contributed by atoms with van der Waals surface area (Å²) < 4.78 is 0. The fraction of sp³-hybridized carbons (Fsp3) is 0.353. The van der Waals surface area contributed by atoms with Crippen LogP contribution in [0, 0.1) is 6.92 Å². The zero-order valence-corrected chi connectivity index (χ0v) is 12.7. The molecule has 0 spiro atoms. The molecular weight excluding hydrogens is 276 g/mol. The predicted octanol–water partition coefficient (Wildman–Crippen LogP) is 2.52. The lowest BCUT2D eigenvalue weighted by molar-refractivity contribution is -0.128. The van der Waals surface area contributed by atoms with Crippen LogP contribution in [0.15, 0.2) is 36.4 Å². The molecule has 0 aliphatic carbocycles. The maximum absolute atomic E-state index is 11.8. The molecule has 2 heterocycles. The maximum Gasteiger partial charge on any atom is 0.222 e. The second-order valence-corrected chi connectivity index (χ2v) is 5.60. The van der Waals surface area contributed by atoms with Gasteiger partial charge >= 0.3 is 0 Å². The first-order valence-electron chi connectivity index (χ1n) is 7.61. The molecule has 1 N–H and O–H groups in total. The highest BCUT2D eigenvalue weighted by Gasteiger charge is 2.20. The van der Waals surface area contributed by atoms with E-state index in [0.29, 0.717) is 19.5 Å². The van der Waals surface area contributed by atoms with Crippen LogP contribution in [-0.2, 0) is 17.9 Å². The monoisotopic (exact) mass is 296 g/mol. The van der Waals surface area contributed by atoms with Crippen LogP contribution in [-0.4, -0.2) is 27.5 Å². The highest BCUT2D eigenvalue weighted by molar-refractivity contribution is 5.78. The minimum atomic E-state index is 0.249. The lowest BCUT2D eigenvalue weighted by Crippen LogP contribution is -2.24. The molecule has 114 valence electrons. The average molecular weight is 296 g/mol. The molecule has 1 amide bonds. The number of nitrogens with one attached hydrogen (secondary N) is 1. The van der Waals surface area contributed by atoms with Gasteiger partial charge in [0, 0.05) is 25.2 Å². The van der Waals surface area contributed by atoms with Gasteiger partial charge in [0.1, 0.15) is 0 Å². The molecule has 5 heteroatoms. The fourth-order valence-corrected chi connectivity index (χ4v) is 2.61. The van der Waals surface area contributed by atoms with Gasteiger partial charge in [-0.05, 0) is 37.1 Å². The highest BCUT2D eigenvalue weighted by Crippen LogP contribution is 2.21. The molecular formula is C17H20N4O. The number of amides is 1. The second kappa shape index (κ2) is 6.56. The van der Waals surface area contributed by atoms with Crippen LogP contribution in [0.2, 0.25) is 0 Å². The molecule has 1 aromatic carbocycles. The van der Waals surface area contributed by atoms with Gasteiger partial charge in [0.25, 0.3) is 0 Å². The van der Waals surface area contributed by atoms with Crippen molar-refractivity contribution in [3.05, 3.63) is 53.3 Å². The second-order valence-electron chi connectivity index (χ2n) is 5.60. The number of carbonyl (C=O) groups excluding carboxylic acids is 1. The quantitative estimate of drug-likeness (QED) is 0.921. The first-order chi connectivity index (χ1) is 10.7. The zero-order chi connectivity index (χ0) is 15.4. The number of anilines is 1. The topological polar surface area (TPSA) is 58.1 Å². The highest BCUT2D eigenvalue weighted by atomic mass is 16.2. The number of rotatable bonds is 5. The van der Waals surface area contributed by atoms with E-state index in [-0.39, 0.29) is 5.91 Å². The summed E-state index contributed by atoms with van der Waals surface area (Å²) in [5, 5.41) is 11.6. The van der Waals surface area contributed by atoms with Gasteiger partial charge in [-0.3, -0.25) is 4.79 Å².